The Morgan fingerprint density at radius 1 is 0.800 bits per heavy atom. The quantitative estimate of drug-likeness (QED) is 0.339. The first-order chi connectivity index (χ1) is 21.3. The van der Waals surface area contributed by atoms with Crippen LogP contribution in [0.15, 0.2) is 54.6 Å². The molecule has 0 radical (unpaired) electrons. The summed E-state index contributed by atoms with van der Waals surface area (Å²) in [6.45, 7) is 18.6. The molecule has 2 aromatic carbocycles. The number of amides is 1. The maximum absolute atomic E-state index is 12.8. The molecule has 0 aliphatic carbocycles. The molecule has 3 saturated heterocycles. The van der Waals surface area contributed by atoms with E-state index < -0.39 is 11.7 Å². The van der Waals surface area contributed by atoms with Crippen molar-refractivity contribution in [3.63, 3.8) is 0 Å². The van der Waals surface area contributed by atoms with Crippen LogP contribution < -0.4 is 4.74 Å². The number of ether oxygens (including phenoxy) is 1. The van der Waals surface area contributed by atoms with Crippen LogP contribution >= 0.6 is 0 Å². The molecule has 3 aliphatic rings. The molecule has 3 aliphatic heterocycles. The lowest BCUT2D eigenvalue weighted by atomic mass is 9.88. The molecule has 5 rings (SSSR count). The van der Waals surface area contributed by atoms with Crippen molar-refractivity contribution >= 4 is 5.91 Å². The number of alkyl halides is 3. The summed E-state index contributed by atoms with van der Waals surface area (Å²) < 4.78 is 43.0. The van der Waals surface area contributed by atoms with Gasteiger partial charge in [0.1, 0.15) is 5.75 Å². The lowest BCUT2D eigenvalue weighted by molar-refractivity contribution is -0.138. The number of benzene rings is 2. The molecule has 5 nitrogen and oxygen atoms in total. The van der Waals surface area contributed by atoms with E-state index in [1.54, 1.807) is 19.2 Å². The average Bonchev–Trinajstić information content (AvgIpc) is 3.55. The minimum atomic E-state index is -4.30. The highest BCUT2D eigenvalue weighted by Crippen LogP contribution is 2.34. The number of rotatable bonds is 3. The number of hydrogen-bond acceptors (Lipinski definition) is 4. The van der Waals surface area contributed by atoms with Crippen LogP contribution in [0.5, 0.6) is 5.75 Å². The molecule has 254 valence electrons. The smallest absolute Gasteiger partial charge is 0.416 e. The van der Waals surface area contributed by atoms with Crippen LogP contribution in [0.3, 0.4) is 0 Å². The Morgan fingerprint density at radius 3 is 1.78 bits per heavy atom. The molecule has 0 saturated carbocycles. The number of halogens is 3. The van der Waals surface area contributed by atoms with Crippen molar-refractivity contribution in [3.05, 3.63) is 65.7 Å². The van der Waals surface area contributed by atoms with Gasteiger partial charge in [0.25, 0.3) is 0 Å². The topological polar surface area (TPSA) is 36.0 Å². The van der Waals surface area contributed by atoms with E-state index in [4.69, 9.17) is 4.74 Å². The number of likely N-dealkylation sites (tertiary alicyclic amines) is 3. The fourth-order valence-corrected chi connectivity index (χ4v) is 5.90. The Hall–Kier alpha value is -2.58. The number of hydrogen-bond donors (Lipinski definition) is 0. The molecular formula is C37H58F3N3O2. The number of carbonyl (C=O) groups is 1. The third-order valence-electron chi connectivity index (χ3n) is 8.99. The molecule has 1 amide bonds. The van der Waals surface area contributed by atoms with Crippen LogP contribution in [0.25, 0.3) is 0 Å². The van der Waals surface area contributed by atoms with Gasteiger partial charge in [-0.3, -0.25) is 9.69 Å². The summed E-state index contributed by atoms with van der Waals surface area (Å²) in [7, 11) is 3.86. The molecule has 3 fully saturated rings. The minimum Gasteiger partial charge on any atom is -0.497 e. The van der Waals surface area contributed by atoms with Gasteiger partial charge in [0.15, 0.2) is 0 Å². The summed E-state index contributed by atoms with van der Waals surface area (Å²) in [6.07, 6.45) is 1.04. The standard InChI is InChI=1S/C21H29F3N2O.C7H15N.C7H8O.C2H6/c1-20(2,3)26-13-10-17(14-26)19(27)25-11-8-16(9-12-25)15-4-6-18(7-5-15)21(22,23)24;1-7-3-5-8(2)6-4-7;1-8-7-5-3-2-4-6-7;1-2/h4-7,16-17H,8-14H2,1-3H3;7H,3-6H2,1-2H3;2-6H,1H3;1-2H3. The molecule has 1 unspecified atom stereocenters. The van der Waals surface area contributed by atoms with Gasteiger partial charge in [-0.15, -0.1) is 0 Å². The summed E-state index contributed by atoms with van der Waals surface area (Å²) in [4.78, 5) is 19.6. The van der Waals surface area contributed by atoms with Gasteiger partial charge >= 0.3 is 6.18 Å². The van der Waals surface area contributed by atoms with Gasteiger partial charge in [0, 0.05) is 25.2 Å². The zero-order valence-corrected chi connectivity index (χ0v) is 29.0. The summed E-state index contributed by atoms with van der Waals surface area (Å²) in [5.74, 6) is 2.43. The van der Waals surface area contributed by atoms with Gasteiger partial charge in [-0.25, -0.2) is 0 Å². The second-order valence-corrected chi connectivity index (χ2v) is 13.3. The second-order valence-electron chi connectivity index (χ2n) is 13.3. The summed E-state index contributed by atoms with van der Waals surface area (Å²) in [5, 5.41) is 0. The van der Waals surface area contributed by atoms with E-state index in [0.29, 0.717) is 13.1 Å². The van der Waals surface area contributed by atoms with Gasteiger partial charge in [-0.2, -0.15) is 13.2 Å². The van der Waals surface area contributed by atoms with E-state index in [2.05, 4.69) is 44.5 Å². The monoisotopic (exact) mass is 633 g/mol. The summed E-state index contributed by atoms with van der Waals surface area (Å²) in [5.41, 5.74) is 0.420. The summed E-state index contributed by atoms with van der Waals surface area (Å²) >= 11 is 0. The Balaban J connectivity index is 0.000000317. The average molecular weight is 634 g/mol. The molecule has 3 heterocycles. The van der Waals surface area contributed by atoms with Gasteiger partial charge < -0.3 is 14.5 Å². The van der Waals surface area contributed by atoms with Crippen LogP contribution in [0.2, 0.25) is 0 Å². The lowest BCUT2D eigenvalue weighted by Crippen LogP contribution is -2.44. The number of methoxy groups -OCH3 is 1. The molecule has 0 bridgehead atoms. The number of para-hydroxylation sites is 1. The van der Waals surface area contributed by atoms with Crippen LogP contribution in [0.1, 0.15) is 90.7 Å². The van der Waals surface area contributed by atoms with Crippen LogP contribution in [0, 0.1) is 11.8 Å². The van der Waals surface area contributed by atoms with Crippen LogP contribution in [0.4, 0.5) is 13.2 Å². The minimum absolute atomic E-state index is 0.0758. The van der Waals surface area contributed by atoms with Crippen molar-refractivity contribution in [3.8, 4) is 5.75 Å². The Labute approximate surface area is 271 Å². The third-order valence-corrected chi connectivity index (χ3v) is 8.99. The largest absolute Gasteiger partial charge is 0.497 e. The molecule has 1 atom stereocenters. The van der Waals surface area contributed by atoms with Gasteiger partial charge in [0.2, 0.25) is 5.91 Å². The van der Waals surface area contributed by atoms with Crippen molar-refractivity contribution in [2.24, 2.45) is 11.8 Å². The maximum Gasteiger partial charge on any atom is 0.416 e. The number of nitrogens with zero attached hydrogens (tertiary/aromatic N) is 3. The Morgan fingerprint density at radius 2 is 1.36 bits per heavy atom. The molecule has 2 aromatic rings. The van der Waals surface area contributed by atoms with E-state index in [1.807, 2.05) is 49.1 Å². The van der Waals surface area contributed by atoms with E-state index in [9.17, 15) is 18.0 Å². The predicted octanol–water partition coefficient (Wildman–Crippen LogP) is 8.60. The lowest BCUT2D eigenvalue weighted by Gasteiger charge is -2.35. The molecular weight excluding hydrogens is 575 g/mol. The zero-order chi connectivity index (χ0) is 33.6. The number of piperidine rings is 2. The van der Waals surface area contributed by atoms with Crippen molar-refractivity contribution in [1.29, 1.82) is 0 Å². The summed E-state index contributed by atoms with van der Waals surface area (Å²) in [6, 6.07) is 15.2. The zero-order valence-electron chi connectivity index (χ0n) is 29.0. The van der Waals surface area contributed by atoms with E-state index >= 15 is 0 Å². The van der Waals surface area contributed by atoms with Gasteiger partial charge in [-0.05, 0) is 121 Å². The highest BCUT2D eigenvalue weighted by molar-refractivity contribution is 5.79. The highest BCUT2D eigenvalue weighted by Gasteiger charge is 2.37. The fourth-order valence-electron chi connectivity index (χ4n) is 5.90. The molecule has 0 spiro atoms. The van der Waals surface area contributed by atoms with Crippen LogP contribution in [-0.2, 0) is 11.0 Å². The van der Waals surface area contributed by atoms with Crippen molar-refractivity contribution < 1.29 is 22.7 Å². The SMILES string of the molecule is CC.CC(C)(C)N1CCC(C(=O)N2CCC(c3ccc(C(F)(F)F)cc3)CC2)C1.CC1CCN(C)CC1.COc1ccccc1. The normalized spacial score (nSPS) is 20.2. The first kappa shape index (κ1) is 38.6. The maximum atomic E-state index is 12.8. The van der Waals surface area contributed by atoms with E-state index in [1.165, 1.54) is 25.9 Å². The second kappa shape index (κ2) is 18.5. The van der Waals surface area contributed by atoms with Gasteiger partial charge in [0.05, 0.1) is 18.6 Å². The third kappa shape index (κ3) is 13.0. The van der Waals surface area contributed by atoms with Gasteiger partial charge in [-0.1, -0.05) is 51.1 Å². The molecule has 0 aromatic heterocycles. The molecule has 8 heteroatoms. The van der Waals surface area contributed by atoms with E-state index in [-0.39, 0.29) is 23.3 Å². The molecule has 0 N–H and O–H groups in total. The number of carbonyl (C=O) groups excluding carboxylic acids is 1. The fraction of sp³-hybridized carbons (Fsp3) is 0.649. The molecule has 45 heavy (non-hydrogen) atoms. The van der Waals surface area contributed by atoms with Crippen molar-refractivity contribution in [1.82, 2.24) is 14.7 Å². The van der Waals surface area contributed by atoms with E-state index in [0.717, 1.165) is 61.7 Å². The Kier molecular flexibility index (Phi) is 15.9. The van der Waals surface area contributed by atoms with Crippen molar-refractivity contribution in [2.75, 3.05) is 53.4 Å². The first-order valence-electron chi connectivity index (χ1n) is 16.8. The Bertz CT molecular complexity index is 1080. The van der Waals surface area contributed by atoms with Crippen LogP contribution in [-0.4, -0.2) is 79.6 Å². The highest BCUT2D eigenvalue weighted by atomic mass is 19.4. The van der Waals surface area contributed by atoms with Crippen molar-refractivity contribution in [2.45, 2.75) is 91.3 Å². The first-order valence-corrected chi connectivity index (χ1v) is 16.8. The predicted molar refractivity (Wildman–Crippen MR) is 180 cm³/mol.